The summed E-state index contributed by atoms with van der Waals surface area (Å²) < 4.78 is 11.4. The fourth-order valence-corrected chi connectivity index (χ4v) is 1.45. The van der Waals surface area contributed by atoms with E-state index >= 15 is 0 Å². The first-order valence-corrected chi connectivity index (χ1v) is 5.32. The minimum absolute atomic E-state index is 0.0606. The molecule has 0 aliphatic carbocycles. The van der Waals surface area contributed by atoms with Crippen LogP contribution in [-0.4, -0.2) is 18.5 Å². The molecule has 0 aromatic carbocycles. The summed E-state index contributed by atoms with van der Waals surface area (Å²) in [5, 5.41) is 0. The maximum absolute atomic E-state index is 5.87. The molecule has 1 heterocycles. The van der Waals surface area contributed by atoms with Gasteiger partial charge < -0.3 is 9.47 Å². The second-order valence-electron chi connectivity index (χ2n) is 4.41. The van der Waals surface area contributed by atoms with E-state index in [-0.39, 0.29) is 17.8 Å². The van der Waals surface area contributed by atoms with Gasteiger partial charge in [-0.3, -0.25) is 0 Å². The van der Waals surface area contributed by atoms with Crippen LogP contribution in [0.3, 0.4) is 0 Å². The van der Waals surface area contributed by atoms with Gasteiger partial charge in [0, 0.05) is 12.5 Å². The average Bonchev–Trinajstić information content (AvgIpc) is 2.17. The van der Waals surface area contributed by atoms with Crippen molar-refractivity contribution in [2.45, 2.75) is 51.9 Å². The van der Waals surface area contributed by atoms with Gasteiger partial charge in [-0.2, -0.15) is 0 Å². The highest BCUT2D eigenvalue weighted by Gasteiger charge is 2.30. The number of terminal acetylenes is 1. The van der Waals surface area contributed by atoms with Gasteiger partial charge in [-0.25, -0.2) is 0 Å². The van der Waals surface area contributed by atoms with Crippen LogP contribution in [0.25, 0.3) is 0 Å². The normalized spacial score (nSPS) is 25.4. The molecule has 1 saturated heterocycles. The smallest absolute Gasteiger partial charge is 0.158 e. The highest BCUT2D eigenvalue weighted by molar-refractivity contribution is 4.99. The SMILES string of the molecule is C#C[C@H](C)C(C)(C)OC1CCCCO1. The van der Waals surface area contributed by atoms with Gasteiger partial charge in [0.2, 0.25) is 0 Å². The van der Waals surface area contributed by atoms with Gasteiger partial charge in [-0.1, -0.05) is 0 Å². The summed E-state index contributed by atoms with van der Waals surface area (Å²) >= 11 is 0. The lowest BCUT2D eigenvalue weighted by Gasteiger charge is -2.34. The van der Waals surface area contributed by atoms with Gasteiger partial charge in [-0.15, -0.1) is 12.3 Å². The molecule has 80 valence electrons. The molecule has 0 spiro atoms. The summed E-state index contributed by atoms with van der Waals surface area (Å²) in [5.74, 6) is 2.82. The van der Waals surface area contributed by atoms with Crippen molar-refractivity contribution in [1.82, 2.24) is 0 Å². The Balaban J connectivity index is 2.45. The second kappa shape index (κ2) is 4.82. The first-order valence-electron chi connectivity index (χ1n) is 5.32. The summed E-state index contributed by atoms with van der Waals surface area (Å²) in [5.41, 5.74) is -0.295. The molecule has 1 unspecified atom stereocenters. The lowest BCUT2D eigenvalue weighted by atomic mass is 9.93. The quantitative estimate of drug-likeness (QED) is 0.646. The summed E-state index contributed by atoms with van der Waals surface area (Å²) in [4.78, 5) is 0. The lowest BCUT2D eigenvalue weighted by molar-refractivity contribution is -0.222. The Morgan fingerprint density at radius 2 is 2.21 bits per heavy atom. The number of hydrogen-bond donors (Lipinski definition) is 0. The monoisotopic (exact) mass is 196 g/mol. The molecule has 0 N–H and O–H groups in total. The fourth-order valence-electron chi connectivity index (χ4n) is 1.45. The van der Waals surface area contributed by atoms with Crippen molar-refractivity contribution in [3.05, 3.63) is 0 Å². The van der Waals surface area contributed by atoms with Crippen LogP contribution in [0.4, 0.5) is 0 Å². The summed E-state index contributed by atoms with van der Waals surface area (Å²) in [6, 6.07) is 0. The zero-order valence-electron chi connectivity index (χ0n) is 9.38. The lowest BCUT2D eigenvalue weighted by Crippen LogP contribution is -2.38. The van der Waals surface area contributed by atoms with Crippen LogP contribution < -0.4 is 0 Å². The molecule has 0 aromatic heterocycles. The predicted octanol–water partition coefficient (Wildman–Crippen LogP) is 2.58. The van der Waals surface area contributed by atoms with Crippen molar-refractivity contribution >= 4 is 0 Å². The highest BCUT2D eigenvalue weighted by atomic mass is 16.7. The van der Waals surface area contributed by atoms with Gasteiger partial charge in [-0.05, 0) is 40.0 Å². The van der Waals surface area contributed by atoms with Crippen LogP contribution in [0, 0.1) is 18.3 Å². The van der Waals surface area contributed by atoms with Crippen molar-refractivity contribution in [1.29, 1.82) is 0 Å². The maximum atomic E-state index is 5.87. The Hall–Kier alpha value is -0.520. The molecule has 14 heavy (non-hydrogen) atoms. The molecule has 0 bridgehead atoms. The summed E-state index contributed by atoms with van der Waals surface area (Å²) in [6.07, 6.45) is 8.65. The number of hydrogen-bond acceptors (Lipinski definition) is 2. The topological polar surface area (TPSA) is 18.5 Å². The number of rotatable bonds is 3. The van der Waals surface area contributed by atoms with Crippen molar-refractivity contribution in [2.24, 2.45) is 5.92 Å². The van der Waals surface area contributed by atoms with E-state index < -0.39 is 0 Å². The molecule has 1 aliphatic rings. The van der Waals surface area contributed by atoms with E-state index in [4.69, 9.17) is 15.9 Å². The Bertz CT molecular complexity index is 209. The summed E-state index contributed by atoms with van der Waals surface area (Å²) in [6.45, 7) is 6.86. The maximum Gasteiger partial charge on any atom is 0.158 e. The molecular formula is C12H20O2. The Kier molecular flexibility index (Phi) is 3.97. The molecule has 2 atom stereocenters. The molecule has 1 rings (SSSR count). The van der Waals surface area contributed by atoms with E-state index in [1.165, 1.54) is 6.42 Å². The van der Waals surface area contributed by atoms with Crippen molar-refractivity contribution in [3.8, 4) is 12.3 Å². The van der Waals surface area contributed by atoms with Crippen LogP contribution >= 0.6 is 0 Å². The van der Waals surface area contributed by atoms with Crippen molar-refractivity contribution < 1.29 is 9.47 Å². The minimum Gasteiger partial charge on any atom is -0.353 e. The van der Waals surface area contributed by atoms with Crippen molar-refractivity contribution in [2.75, 3.05) is 6.61 Å². The minimum atomic E-state index is -0.295. The Labute approximate surface area is 87.0 Å². The van der Waals surface area contributed by atoms with Gasteiger partial charge in [0.1, 0.15) is 0 Å². The molecule has 1 aliphatic heterocycles. The third kappa shape index (κ3) is 3.01. The predicted molar refractivity (Wildman–Crippen MR) is 56.8 cm³/mol. The molecule has 0 radical (unpaired) electrons. The van der Waals surface area contributed by atoms with Gasteiger partial charge >= 0.3 is 0 Å². The first kappa shape index (κ1) is 11.6. The molecule has 1 fully saturated rings. The molecular weight excluding hydrogens is 176 g/mol. The van der Waals surface area contributed by atoms with Crippen LogP contribution in [0.15, 0.2) is 0 Å². The fraction of sp³-hybridized carbons (Fsp3) is 0.833. The molecule has 2 heteroatoms. The Morgan fingerprint density at radius 3 is 2.71 bits per heavy atom. The molecule has 0 aromatic rings. The van der Waals surface area contributed by atoms with Gasteiger partial charge in [0.15, 0.2) is 6.29 Å². The zero-order chi connectivity index (χ0) is 10.6. The standard InChI is InChI=1S/C12H20O2/c1-5-10(2)12(3,4)14-11-8-6-7-9-13-11/h1,10-11H,6-9H2,2-4H3/t10-,11?/m0/s1. The third-order valence-corrected chi connectivity index (χ3v) is 2.87. The van der Waals surface area contributed by atoms with E-state index in [1.54, 1.807) is 0 Å². The van der Waals surface area contributed by atoms with Crippen LogP contribution in [0.1, 0.15) is 40.0 Å². The molecule has 0 saturated carbocycles. The zero-order valence-corrected chi connectivity index (χ0v) is 9.38. The van der Waals surface area contributed by atoms with Crippen LogP contribution in [-0.2, 0) is 9.47 Å². The van der Waals surface area contributed by atoms with E-state index in [0.29, 0.717) is 0 Å². The average molecular weight is 196 g/mol. The van der Waals surface area contributed by atoms with E-state index in [9.17, 15) is 0 Å². The summed E-state index contributed by atoms with van der Waals surface area (Å²) in [7, 11) is 0. The molecule has 0 amide bonds. The van der Waals surface area contributed by atoms with Crippen LogP contribution in [0.5, 0.6) is 0 Å². The van der Waals surface area contributed by atoms with Crippen LogP contribution in [0.2, 0.25) is 0 Å². The third-order valence-electron chi connectivity index (χ3n) is 2.87. The number of ether oxygens (including phenoxy) is 2. The first-order chi connectivity index (χ1) is 6.56. The van der Waals surface area contributed by atoms with E-state index in [2.05, 4.69) is 5.92 Å². The van der Waals surface area contributed by atoms with Gasteiger partial charge in [0.25, 0.3) is 0 Å². The van der Waals surface area contributed by atoms with Gasteiger partial charge in [0.05, 0.1) is 5.60 Å². The largest absolute Gasteiger partial charge is 0.353 e. The van der Waals surface area contributed by atoms with E-state index in [1.807, 2.05) is 20.8 Å². The Morgan fingerprint density at radius 1 is 1.50 bits per heavy atom. The van der Waals surface area contributed by atoms with Crippen molar-refractivity contribution in [3.63, 3.8) is 0 Å². The van der Waals surface area contributed by atoms with E-state index in [0.717, 1.165) is 19.4 Å². The highest BCUT2D eigenvalue weighted by Crippen LogP contribution is 2.26. The second-order valence-corrected chi connectivity index (χ2v) is 4.41. The molecule has 2 nitrogen and oxygen atoms in total.